The van der Waals surface area contributed by atoms with E-state index in [1.54, 1.807) is 6.92 Å². The van der Waals surface area contributed by atoms with Crippen LogP contribution in [0.4, 0.5) is 0 Å². The fourth-order valence-electron chi connectivity index (χ4n) is 0.204. The predicted octanol–water partition coefficient (Wildman–Crippen LogP) is 0.328. The Bertz CT molecular complexity index is 151. The van der Waals surface area contributed by atoms with Crippen LogP contribution in [-0.2, 0) is 32.5 Å². The topological polar surface area (TPSA) is 57.2 Å². The summed E-state index contributed by atoms with van der Waals surface area (Å²) in [5, 5.41) is -0.734. The van der Waals surface area contributed by atoms with Gasteiger partial charge in [-0.15, -0.1) is 0 Å². The molecule has 3 nitrogen and oxygen atoms in total. The van der Waals surface area contributed by atoms with Crippen LogP contribution in [0, 0.1) is 0 Å². The summed E-state index contributed by atoms with van der Waals surface area (Å²) in [6.45, 7) is 3.07. The number of rotatable bonds is 2. The van der Waals surface area contributed by atoms with Gasteiger partial charge >= 0.3 is 22.4 Å². The van der Waals surface area contributed by atoms with Crippen molar-refractivity contribution in [1.82, 2.24) is 0 Å². The standard InChI is InChI=1S/C4H10O3S.Ag/c1-3-4(2)8(5,6)7;/h4H,3H2,1-2H3,(H,5,6,7);/q;+1/p-1. The zero-order valence-electron chi connectivity index (χ0n) is 5.22. The Morgan fingerprint density at radius 2 is 1.89 bits per heavy atom. The molecule has 0 aliphatic rings. The molecule has 0 spiro atoms. The molecule has 0 aromatic carbocycles. The summed E-state index contributed by atoms with van der Waals surface area (Å²) in [5.41, 5.74) is 0. The maximum absolute atomic E-state index is 10.0. The summed E-state index contributed by atoms with van der Waals surface area (Å²) < 4.78 is 30.0. The molecule has 0 radical (unpaired) electrons. The Balaban J connectivity index is 0. The van der Waals surface area contributed by atoms with Gasteiger partial charge in [-0.3, -0.25) is 0 Å². The Hall–Kier alpha value is 0.650. The molecule has 0 fully saturated rings. The van der Waals surface area contributed by atoms with E-state index in [4.69, 9.17) is 0 Å². The van der Waals surface area contributed by atoms with Gasteiger partial charge in [-0.05, 0) is 13.3 Å². The van der Waals surface area contributed by atoms with Crippen LogP contribution < -0.4 is 0 Å². The first kappa shape index (κ1) is 12.3. The largest absolute Gasteiger partial charge is 1.00 e. The van der Waals surface area contributed by atoms with Crippen LogP contribution in [0.25, 0.3) is 0 Å². The van der Waals surface area contributed by atoms with E-state index in [1.807, 2.05) is 0 Å². The van der Waals surface area contributed by atoms with Crippen molar-refractivity contribution in [3.05, 3.63) is 0 Å². The van der Waals surface area contributed by atoms with Crippen LogP contribution in [-0.4, -0.2) is 18.2 Å². The molecule has 0 saturated heterocycles. The summed E-state index contributed by atoms with van der Waals surface area (Å²) in [5.74, 6) is 0. The van der Waals surface area contributed by atoms with E-state index < -0.39 is 15.4 Å². The molecule has 0 heterocycles. The Labute approximate surface area is 71.1 Å². The third-order valence-corrected chi connectivity index (χ3v) is 2.39. The van der Waals surface area contributed by atoms with Crippen molar-refractivity contribution in [3.63, 3.8) is 0 Å². The van der Waals surface area contributed by atoms with Crippen molar-refractivity contribution in [2.45, 2.75) is 25.5 Å². The minimum absolute atomic E-state index is 0. The van der Waals surface area contributed by atoms with Gasteiger partial charge in [0.2, 0.25) is 0 Å². The van der Waals surface area contributed by atoms with Crippen LogP contribution >= 0.6 is 0 Å². The zero-order valence-corrected chi connectivity index (χ0v) is 7.52. The van der Waals surface area contributed by atoms with Gasteiger partial charge < -0.3 is 4.55 Å². The number of hydrogen-bond donors (Lipinski definition) is 0. The van der Waals surface area contributed by atoms with E-state index in [9.17, 15) is 13.0 Å². The van der Waals surface area contributed by atoms with Crippen LogP contribution in [0.15, 0.2) is 0 Å². The van der Waals surface area contributed by atoms with Crippen molar-refractivity contribution in [2.75, 3.05) is 0 Å². The van der Waals surface area contributed by atoms with Gasteiger partial charge in [0.15, 0.2) is 0 Å². The second kappa shape index (κ2) is 4.46. The molecular weight excluding hydrogens is 236 g/mol. The van der Waals surface area contributed by atoms with E-state index in [1.165, 1.54) is 6.92 Å². The predicted molar refractivity (Wildman–Crippen MR) is 29.5 cm³/mol. The summed E-state index contributed by atoms with van der Waals surface area (Å²) in [6.07, 6.45) is 0.395. The average Bonchev–Trinajstić information content (AvgIpc) is 1.62. The Morgan fingerprint density at radius 3 is 1.89 bits per heavy atom. The van der Waals surface area contributed by atoms with Gasteiger partial charge in [0.1, 0.15) is 0 Å². The van der Waals surface area contributed by atoms with Gasteiger partial charge in [0.25, 0.3) is 0 Å². The molecule has 60 valence electrons. The molecule has 9 heavy (non-hydrogen) atoms. The molecule has 0 saturated carbocycles. The molecule has 0 aliphatic heterocycles. The first-order valence-electron chi connectivity index (χ1n) is 2.43. The quantitative estimate of drug-likeness (QED) is 0.520. The minimum atomic E-state index is -4.00. The minimum Gasteiger partial charge on any atom is -0.748 e. The Morgan fingerprint density at radius 1 is 1.56 bits per heavy atom. The molecule has 0 rings (SSSR count). The van der Waals surface area contributed by atoms with E-state index >= 15 is 0 Å². The summed E-state index contributed by atoms with van der Waals surface area (Å²) in [7, 11) is -4.00. The number of hydrogen-bond acceptors (Lipinski definition) is 3. The van der Waals surface area contributed by atoms with Gasteiger partial charge in [-0.2, -0.15) is 0 Å². The molecule has 0 bridgehead atoms. The molecule has 1 atom stereocenters. The molecule has 0 aliphatic carbocycles. The molecule has 1 unspecified atom stereocenters. The molecule has 0 amide bonds. The molecule has 0 aromatic heterocycles. The second-order valence-corrected chi connectivity index (χ2v) is 3.50. The molecule has 5 heteroatoms. The van der Waals surface area contributed by atoms with Crippen molar-refractivity contribution in [2.24, 2.45) is 0 Å². The molecule has 0 aromatic rings. The SMILES string of the molecule is CCC(C)S(=O)(=O)[O-].[Ag+]. The van der Waals surface area contributed by atoms with Crippen molar-refractivity contribution in [3.8, 4) is 0 Å². The fourth-order valence-corrected chi connectivity index (χ4v) is 0.612. The van der Waals surface area contributed by atoms with Crippen LogP contribution in [0.1, 0.15) is 20.3 Å². The van der Waals surface area contributed by atoms with Crippen molar-refractivity contribution < 1.29 is 35.4 Å². The first-order chi connectivity index (χ1) is 3.48. The van der Waals surface area contributed by atoms with Crippen LogP contribution in [0.2, 0.25) is 0 Å². The second-order valence-electron chi connectivity index (χ2n) is 1.71. The molecular formula is C4H9AgO3S. The smallest absolute Gasteiger partial charge is 0.748 e. The summed E-state index contributed by atoms with van der Waals surface area (Å²) in [6, 6.07) is 0. The van der Waals surface area contributed by atoms with Gasteiger partial charge in [0, 0.05) is 5.25 Å². The first-order valence-corrected chi connectivity index (χ1v) is 3.90. The summed E-state index contributed by atoms with van der Waals surface area (Å²) >= 11 is 0. The van der Waals surface area contributed by atoms with Crippen LogP contribution in [0.5, 0.6) is 0 Å². The third-order valence-electron chi connectivity index (χ3n) is 1.07. The fraction of sp³-hybridized carbons (Fsp3) is 1.00. The van der Waals surface area contributed by atoms with E-state index in [2.05, 4.69) is 0 Å². The van der Waals surface area contributed by atoms with Crippen molar-refractivity contribution in [1.29, 1.82) is 0 Å². The normalized spacial score (nSPS) is 14.1. The van der Waals surface area contributed by atoms with Crippen LogP contribution in [0.3, 0.4) is 0 Å². The monoisotopic (exact) mass is 244 g/mol. The molecule has 0 N–H and O–H groups in total. The van der Waals surface area contributed by atoms with E-state index in [0.717, 1.165) is 0 Å². The van der Waals surface area contributed by atoms with Crippen molar-refractivity contribution >= 4 is 10.1 Å². The maximum Gasteiger partial charge on any atom is 1.00 e. The van der Waals surface area contributed by atoms with E-state index in [-0.39, 0.29) is 22.4 Å². The van der Waals surface area contributed by atoms with Gasteiger partial charge in [0.05, 0.1) is 10.1 Å². The average molecular weight is 245 g/mol. The summed E-state index contributed by atoms with van der Waals surface area (Å²) in [4.78, 5) is 0. The van der Waals surface area contributed by atoms with Gasteiger partial charge in [-0.25, -0.2) is 8.42 Å². The van der Waals surface area contributed by atoms with E-state index in [0.29, 0.717) is 6.42 Å². The third kappa shape index (κ3) is 5.11. The Kier molecular flexibility index (Phi) is 6.12. The maximum atomic E-state index is 10.0. The van der Waals surface area contributed by atoms with Gasteiger partial charge in [-0.1, -0.05) is 6.92 Å². The zero-order chi connectivity index (χ0) is 6.78.